The van der Waals surface area contributed by atoms with Crippen LogP contribution in [0.15, 0.2) is 24.3 Å². The quantitative estimate of drug-likeness (QED) is 0.649. The van der Waals surface area contributed by atoms with Crippen molar-refractivity contribution < 1.29 is 23.9 Å². The highest BCUT2D eigenvalue weighted by Gasteiger charge is 2.42. The standard InChI is InChI=1S/C21H31N3O5/c1-14(15-6-8-16(9-7-15)17(25)28-5)23-18(26)21(10-12-22-13-11-21)24-19(27)29-20(2,3)4/h6-9,14,22H,10-13H2,1-5H3,(H,23,26)(H,24,27). The van der Waals surface area contributed by atoms with E-state index in [-0.39, 0.29) is 11.9 Å². The van der Waals surface area contributed by atoms with Crippen molar-refractivity contribution in [2.24, 2.45) is 0 Å². The number of benzene rings is 1. The van der Waals surface area contributed by atoms with Crippen LogP contribution in [-0.2, 0) is 14.3 Å². The number of nitrogens with one attached hydrogen (secondary N) is 3. The number of methoxy groups -OCH3 is 1. The molecule has 2 rings (SSSR count). The predicted molar refractivity (Wildman–Crippen MR) is 109 cm³/mol. The Morgan fingerprint density at radius 3 is 2.21 bits per heavy atom. The summed E-state index contributed by atoms with van der Waals surface area (Å²) in [5, 5.41) is 8.99. The average Bonchev–Trinajstić information content (AvgIpc) is 2.66. The van der Waals surface area contributed by atoms with E-state index in [0.717, 1.165) is 5.56 Å². The van der Waals surface area contributed by atoms with Gasteiger partial charge >= 0.3 is 12.1 Å². The first-order valence-corrected chi connectivity index (χ1v) is 9.77. The third-order valence-electron chi connectivity index (χ3n) is 4.81. The molecule has 29 heavy (non-hydrogen) atoms. The zero-order chi connectivity index (χ0) is 21.7. The van der Waals surface area contributed by atoms with Gasteiger partial charge in [-0.05, 0) is 71.3 Å². The van der Waals surface area contributed by atoms with Gasteiger partial charge in [-0.25, -0.2) is 9.59 Å². The fraction of sp³-hybridized carbons (Fsp3) is 0.571. The topological polar surface area (TPSA) is 106 Å². The number of carbonyl (C=O) groups excluding carboxylic acids is 3. The maximum Gasteiger partial charge on any atom is 0.408 e. The fourth-order valence-corrected chi connectivity index (χ4v) is 3.21. The molecular formula is C21H31N3O5. The molecule has 8 heteroatoms. The van der Waals surface area contributed by atoms with Gasteiger partial charge in [-0.1, -0.05) is 12.1 Å². The second-order valence-corrected chi connectivity index (χ2v) is 8.27. The average molecular weight is 405 g/mol. The summed E-state index contributed by atoms with van der Waals surface area (Å²) in [5.41, 5.74) is -0.402. The fourth-order valence-electron chi connectivity index (χ4n) is 3.21. The lowest BCUT2D eigenvalue weighted by molar-refractivity contribution is -0.129. The number of ether oxygens (including phenoxy) is 2. The Balaban J connectivity index is 2.10. The highest BCUT2D eigenvalue weighted by atomic mass is 16.6. The van der Waals surface area contributed by atoms with Crippen molar-refractivity contribution in [3.8, 4) is 0 Å². The molecule has 0 radical (unpaired) electrons. The number of rotatable bonds is 5. The van der Waals surface area contributed by atoms with Crippen LogP contribution in [0.2, 0.25) is 0 Å². The largest absolute Gasteiger partial charge is 0.465 e. The first-order chi connectivity index (χ1) is 13.6. The third kappa shape index (κ3) is 6.19. The van der Waals surface area contributed by atoms with Gasteiger partial charge in [-0.15, -0.1) is 0 Å². The molecule has 0 aliphatic carbocycles. The summed E-state index contributed by atoms with van der Waals surface area (Å²) >= 11 is 0. The highest BCUT2D eigenvalue weighted by Crippen LogP contribution is 2.22. The molecule has 3 N–H and O–H groups in total. The number of amides is 2. The molecule has 1 aromatic rings. The van der Waals surface area contributed by atoms with Crippen LogP contribution in [0.3, 0.4) is 0 Å². The van der Waals surface area contributed by atoms with Crippen LogP contribution >= 0.6 is 0 Å². The Morgan fingerprint density at radius 1 is 1.10 bits per heavy atom. The molecule has 1 heterocycles. The molecule has 1 aromatic carbocycles. The van der Waals surface area contributed by atoms with Crippen molar-refractivity contribution in [1.82, 2.24) is 16.0 Å². The molecule has 1 aliphatic heterocycles. The minimum absolute atomic E-state index is 0.255. The van der Waals surface area contributed by atoms with Crippen molar-refractivity contribution in [2.45, 2.75) is 57.7 Å². The van der Waals surface area contributed by atoms with Crippen LogP contribution < -0.4 is 16.0 Å². The van der Waals surface area contributed by atoms with Gasteiger partial charge in [-0.2, -0.15) is 0 Å². The smallest absolute Gasteiger partial charge is 0.408 e. The Bertz CT molecular complexity index is 734. The molecule has 1 saturated heterocycles. The Kier molecular flexibility index (Phi) is 7.24. The van der Waals surface area contributed by atoms with Crippen molar-refractivity contribution in [1.29, 1.82) is 0 Å². The maximum atomic E-state index is 13.1. The molecule has 0 aromatic heterocycles. The summed E-state index contributed by atoms with van der Waals surface area (Å²) in [5.74, 6) is -0.669. The summed E-state index contributed by atoms with van der Waals surface area (Å²) in [7, 11) is 1.33. The second-order valence-electron chi connectivity index (χ2n) is 8.27. The minimum atomic E-state index is -1.03. The number of piperidine rings is 1. The third-order valence-corrected chi connectivity index (χ3v) is 4.81. The lowest BCUT2D eigenvalue weighted by atomic mass is 9.87. The zero-order valence-corrected chi connectivity index (χ0v) is 17.8. The normalized spacial score (nSPS) is 17.0. The van der Waals surface area contributed by atoms with Crippen molar-refractivity contribution in [3.05, 3.63) is 35.4 Å². The van der Waals surface area contributed by atoms with Gasteiger partial charge in [0.25, 0.3) is 0 Å². The predicted octanol–water partition coefficient (Wildman–Crippen LogP) is 2.30. The van der Waals surface area contributed by atoms with Gasteiger partial charge < -0.3 is 25.4 Å². The number of hydrogen-bond acceptors (Lipinski definition) is 6. The van der Waals surface area contributed by atoms with E-state index >= 15 is 0 Å². The SMILES string of the molecule is COC(=O)c1ccc(C(C)NC(=O)C2(NC(=O)OC(C)(C)C)CCNCC2)cc1. The van der Waals surface area contributed by atoms with Crippen LogP contribution in [0.1, 0.15) is 62.5 Å². The van der Waals surface area contributed by atoms with E-state index in [0.29, 0.717) is 31.5 Å². The molecule has 2 amide bonds. The van der Waals surface area contributed by atoms with Crippen LogP contribution in [0.5, 0.6) is 0 Å². The number of hydrogen-bond donors (Lipinski definition) is 3. The molecule has 1 atom stereocenters. The minimum Gasteiger partial charge on any atom is -0.465 e. The van der Waals surface area contributed by atoms with E-state index in [2.05, 4.69) is 16.0 Å². The molecule has 0 saturated carbocycles. The van der Waals surface area contributed by atoms with E-state index in [1.54, 1.807) is 45.0 Å². The van der Waals surface area contributed by atoms with Gasteiger partial charge in [-0.3, -0.25) is 4.79 Å². The van der Waals surface area contributed by atoms with Crippen molar-refractivity contribution in [3.63, 3.8) is 0 Å². The summed E-state index contributed by atoms with van der Waals surface area (Å²) in [4.78, 5) is 37.1. The Morgan fingerprint density at radius 2 is 1.69 bits per heavy atom. The van der Waals surface area contributed by atoms with Gasteiger partial charge in [0, 0.05) is 0 Å². The van der Waals surface area contributed by atoms with E-state index < -0.39 is 23.2 Å². The van der Waals surface area contributed by atoms with E-state index in [1.807, 2.05) is 6.92 Å². The van der Waals surface area contributed by atoms with E-state index in [9.17, 15) is 14.4 Å². The summed E-state index contributed by atoms with van der Waals surface area (Å²) < 4.78 is 10.1. The molecule has 8 nitrogen and oxygen atoms in total. The summed E-state index contributed by atoms with van der Waals surface area (Å²) in [6.45, 7) is 8.43. The van der Waals surface area contributed by atoms with Gasteiger partial charge in [0.05, 0.1) is 18.7 Å². The Labute approximate surface area is 171 Å². The molecule has 1 unspecified atom stereocenters. The van der Waals surface area contributed by atoms with E-state index in [1.165, 1.54) is 7.11 Å². The lowest BCUT2D eigenvalue weighted by Crippen LogP contribution is -2.63. The molecule has 1 aliphatic rings. The monoisotopic (exact) mass is 405 g/mol. The molecular weight excluding hydrogens is 374 g/mol. The van der Waals surface area contributed by atoms with Gasteiger partial charge in [0.15, 0.2) is 0 Å². The maximum absolute atomic E-state index is 13.1. The van der Waals surface area contributed by atoms with Gasteiger partial charge in [0.1, 0.15) is 11.1 Å². The number of carbonyl (C=O) groups is 3. The van der Waals surface area contributed by atoms with Crippen LogP contribution in [0.4, 0.5) is 4.79 Å². The van der Waals surface area contributed by atoms with Gasteiger partial charge in [0.2, 0.25) is 5.91 Å². The molecule has 0 bridgehead atoms. The zero-order valence-electron chi connectivity index (χ0n) is 17.8. The lowest BCUT2D eigenvalue weighted by Gasteiger charge is -2.38. The summed E-state index contributed by atoms with van der Waals surface area (Å²) in [6.07, 6.45) is 0.322. The van der Waals surface area contributed by atoms with Crippen LogP contribution in [0.25, 0.3) is 0 Å². The van der Waals surface area contributed by atoms with E-state index in [4.69, 9.17) is 9.47 Å². The first kappa shape index (κ1) is 22.7. The summed E-state index contributed by atoms with van der Waals surface area (Å²) in [6, 6.07) is 6.55. The first-order valence-electron chi connectivity index (χ1n) is 9.77. The number of alkyl carbamates (subject to hydrolysis) is 1. The van der Waals surface area contributed by atoms with Crippen LogP contribution in [-0.4, -0.2) is 49.3 Å². The van der Waals surface area contributed by atoms with Crippen molar-refractivity contribution >= 4 is 18.0 Å². The molecule has 1 fully saturated rings. The number of esters is 1. The van der Waals surface area contributed by atoms with Crippen molar-refractivity contribution in [2.75, 3.05) is 20.2 Å². The highest BCUT2D eigenvalue weighted by molar-refractivity contribution is 5.91. The molecule has 0 spiro atoms. The van der Waals surface area contributed by atoms with Crippen LogP contribution in [0, 0.1) is 0 Å². The second kappa shape index (κ2) is 9.26. The molecule has 160 valence electrons. The Hall–Kier alpha value is -2.61.